The van der Waals surface area contributed by atoms with Crippen molar-refractivity contribution in [1.29, 1.82) is 0 Å². The Hall–Kier alpha value is -1.46. The maximum Gasteiger partial charge on any atom is 0.236 e. The van der Waals surface area contributed by atoms with Gasteiger partial charge in [0.1, 0.15) is 5.69 Å². The maximum atomic E-state index is 11.8. The Morgan fingerprint density at radius 1 is 1.04 bits per heavy atom. The number of hydrogen-bond donors (Lipinski definition) is 1. The molecule has 0 amide bonds. The molecule has 3 nitrogen and oxygen atoms in total. The van der Waals surface area contributed by atoms with Crippen LogP contribution in [-0.2, 0) is 0 Å². The lowest BCUT2D eigenvalue weighted by Crippen LogP contribution is -2.01. The van der Waals surface area contributed by atoms with E-state index in [2.05, 4.69) is 17.7 Å². The molecule has 2 aromatic carbocycles. The molecule has 0 spiro atoms. The second-order valence-corrected chi connectivity index (χ2v) is 6.83. The molecule has 7 heteroatoms. The fourth-order valence-corrected chi connectivity index (χ4v) is 3.30. The summed E-state index contributed by atoms with van der Waals surface area (Å²) in [6.07, 6.45) is 0. The summed E-state index contributed by atoms with van der Waals surface area (Å²) in [4.78, 5) is 11.8. The van der Waals surface area contributed by atoms with E-state index in [0.717, 1.165) is 11.3 Å². The molecule has 0 radical (unpaired) electrons. The smallest absolute Gasteiger partial charge is 0.236 e. The summed E-state index contributed by atoms with van der Waals surface area (Å²) in [6.45, 7) is 1.82. The van der Waals surface area contributed by atoms with Crippen molar-refractivity contribution < 1.29 is 4.79 Å². The van der Waals surface area contributed by atoms with E-state index in [4.69, 9.17) is 34.8 Å². The summed E-state index contributed by atoms with van der Waals surface area (Å²) in [5.74, 6) is 0. The summed E-state index contributed by atoms with van der Waals surface area (Å²) >= 11 is 22.2. The molecule has 0 fully saturated rings. The molecular weight excluding hydrogens is 387 g/mol. The van der Waals surface area contributed by atoms with E-state index in [1.807, 2.05) is 19.1 Å². The first kappa shape index (κ1) is 17.4. The van der Waals surface area contributed by atoms with Crippen molar-refractivity contribution >= 4 is 52.5 Å². The standard InChI is InChI=1S/C17H11Cl3N2OS/c1-9-15(17(23)24)21-22(14-7-6-12(19)8-13(14)20)16(9)10-2-4-11(18)5-3-10/h2-8H,1H3,(H,23,24). The molecular formula is C17H11Cl3N2OS. The molecule has 1 heterocycles. The van der Waals surface area contributed by atoms with E-state index in [9.17, 15) is 4.79 Å². The van der Waals surface area contributed by atoms with Crippen LogP contribution >= 0.6 is 47.4 Å². The highest BCUT2D eigenvalue weighted by Crippen LogP contribution is 2.33. The van der Waals surface area contributed by atoms with Gasteiger partial charge in [-0.2, -0.15) is 5.10 Å². The Bertz CT molecular complexity index is 936. The van der Waals surface area contributed by atoms with Gasteiger partial charge in [0.05, 0.1) is 16.4 Å². The average molecular weight is 398 g/mol. The zero-order chi connectivity index (χ0) is 17.4. The fraction of sp³-hybridized carbons (Fsp3) is 0.0588. The molecule has 0 aliphatic carbocycles. The molecule has 3 rings (SSSR count). The number of benzene rings is 2. The van der Waals surface area contributed by atoms with Gasteiger partial charge in [-0.05, 0) is 37.3 Å². The second kappa shape index (κ2) is 6.81. The predicted octanol–water partition coefficient (Wildman–Crippen LogP) is 5.88. The zero-order valence-electron chi connectivity index (χ0n) is 12.4. The van der Waals surface area contributed by atoms with Crippen molar-refractivity contribution in [3.63, 3.8) is 0 Å². The van der Waals surface area contributed by atoms with Gasteiger partial charge in [0.15, 0.2) is 0 Å². The van der Waals surface area contributed by atoms with Crippen molar-refractivity contribution in [2.45, 2.75) is 6.92 Å². The number of carbonyl (C=O) groups excluding carboxylic acids is 1. The largest absolute Gasteiger partial charge is 0.280 e. The van der Waals surface area contributed by atoms with Crippen LogP contribution < -0.4 is 0 Å². The molecule has 0 unspecified atom stereocenters. The lowest BCUT2D eigenvalue weighted by atomic mass is 10.1. The van der Waals surface area contributed by atoms with Gasteiger partial charge in [0.2, 0.25) is 5.12 Å². The van der Waals surface area contributed by atoms with Crippen LogP contribution in [0.15, 0.2) is 42.5 Å². The minimum atomic E-state index is -0.411. The third-order valence-corrected chi connectivity index (χ3v) is 4.58. The SMILES string of the molecule is Cc1c(C(=O)S)nn(-c2ccc(Cl)cc2Cl)c1-c1ccc(Cl)cc1. The van der Waals surface area contributed by atoms with Crippen molar-refractivity contribution in [1.82, 2.24) is 9.78 Å². The van der Waals surface area contributed by atoms with Gasteiger partial charge >= 0.3 is 0 Å². The number of thiol groups is 1. The number of hydrogen-bond acceptors (Lipinski definition) is 2. The van der Waals surface area contributed by atoms with E-state index < -0.39 is 5.12 Å². The number of nitrogens with zero attached hydrogens (tertiary/aromatic N) is 2. The Kier molecular flexibility index (Phi) is 4.92. The molecule has 0 bridgehead atoms. The molecule has 24 heavy (non-hydrogen) atoms. The van der Waals surface area contributed by atoms with Gasteiger partial charge < -0.3 is 0 Å². The van der Waals surface area contributed by atoms with Crippen LogP contribution in [-0.4, -0.2) is 14.9 Å². The van der Waals surface area contributed by atoms with E-state index in [0.29, 0.717) is 26.3 Å². The van der Waals surface area contributed by atoms with Crippen molar-refractivity contribution in [3.05, 3.63) is 68.8 Å². The number of halogens is 3. The van der Waals surface area contributed by atoms with Crippen molar-refractivity contribution in [2.75, 3.05) is 0 Å². The highest BCUT2D eigenvalue weighted by Gasteiger charge is 2.21. The van der Waals surface area contributed by atoms with Gasteiger partial charge in [0, 0.05) is 21.2 Å². The van der Waals surface area contributed by atoms with Crippen LogP contribution in [0.1, 0.15) is 16.1 Å². The zero-order valence-corrected chi connectivity index (χ0v) is 15.6. The Labute approximate surface area is 159 Å². The lowest BCUT2D eigenvalue weighted by Gasteiger charge is -2.11. The molecule has 122 valence electrons. The molecule has 1 aromatic heterocycles. The third-order valence-electron chi connectivity index (χ3n) is 3.58. The van der Waals surface area contributed by atoms with E-state index in [-0.39, 0.29) is 5.69 Å². The molecule has 0 aliphatic heterocycles. The van der Waals surface area contributed by atoms with Crippen LogP contribution in [0.2, 0.25) is 15.1 Å². The lowest BCUT2D eigenvalue weighted by molar-refractivity contribution is 0.108. The van der Waals surface area contributed by atoms with Crippen LogP contribution in [0, 0.1) is 6.92 Å². The van der Waals surface area contributed by atoms with Crippen molar-refractivity contribution in [2.24, 2.45) is 0 Å². The topological polar surface area (TPSA) is 34.9 Å². The minimum absolute atomic E-state index is 0.272. The first-order valence-electron chi connectivity index (χ1n) is 6.92. The van der Waals surface area contributed by atoms with Gasteiger partial charge in [0.25, 0.3) is 0 Å². The predicted molar refractivity (Wildman–Crippen MR) is 102 cm³/mol. The normalized spacial score (nSPS) is 10.9. The number of aromatic nitrogens is 2. The van der Waals surface area contributed by atoms with Crippen LogP contribution in [0.5, 0.6) is 0 Å². The Balaban J connectivity index is 2.30. The van der Waals surface area contributed by atoms with Crippen LogP contribution in [0.4, 0.5) is 0 Å². The first-order chi connectivity index (χ1) is 11.4. The maximum absolute atomic E-state index is 11.8. The highest BCUT2D eigenvalue weighted by atomic mass is 35.5. The minimum Gasteiger partial charge on any atom is -0.280 e. The van der Waals surface area contributed by atoms with E-state index in [1.54, 1.807) is 35.0 Å². The molecule has 0 saturated heterocycles. The van der Waals surface area contributed by atoms with E-state index in [1.165, 1.54) is 0 Å². The average Bonchev–Trinajstić information content (AvgIpc) is 2.86. The van der Waals surface area contributed by atoms with Crippen LogP contribution in [0.3, 0.4) is 0 Å². The molecule has 0 atom stereocenters. The summed E-state index contributed by atoms with van der Waals surface area (Å²) in [6, 6.07) is 12.4. The summed E-state index contributed by atoms with van der Waals surface area (Å²) in [5.41, 5.74) is 3.21. The number of carbonyl (C=O) groups is 1. The highest BCUT2D eigenvalue weighted by molar-refractivity contribution is 7.97. The molecule has 3 aromatic rings. The summed E-state index contributed by atoms with van der Waals surface area (Å²) < 4.78 is 1.63. The molecule has 0 aliphatic rings. The summed E-state index contributed by atoms with van der Waals surface area (Å²) in [7, 11) is 0. The van der Waals surface area contributed by atoms with Gasteiger partial charge in [-0.25, -0.2) is 4.68 Å². The second-order valence-electron chi connectivity index (χ2n) is 5.14. The quantitative estimate of drug-likeness (QED) is 0.560. The van der Waals surface area contributed by atoms with Crippen LogP contribution in [0.25, 0.3) is 16.9 Å². The van der Waals surface area contributed by atoms with Crippen molar-refractivity contribution in [3.8, 4) is 16.9 Å². The summed E-state index contributed by atoms with van der Waals surface area (Å²) in [5, 5.41) is 5.56. The number of rotatable bonds is 3. The van der Waals surface area contributed by atoms with E-state index >= 15 is 0 Å². The first-order valence-corrected chi connectivity index (χ1v) is 8.51. The fourth-order valence-electron chi connectivity index (χ4n) is 2.47. The third kappa shape index (κ3) is 3.20. The molecule has 0 saturated carbocycles. The van der Waals surface area contributed by atoms with Gasteiger partial charge in [-0.3, -0.25) is 4.79 Å². The molecule has 0 N–H and O–H groups in total. The van der Waals surface area contributed by atoms with Gasteiger partial charge in [-0.1, -0.05) is 59.6 Å². The monoisotopic (exact) mass is 396 g/mol. The van der Waals surface area contributed by atoms with Gasteiger partial charge in [-0.15, -0.1) is 0 Å². The Morgan fingerprint density at radius 2 is 1.67 bits per heavy atom. The Morgan fingerprint density at radius 3 is 2.25 bits per heavy atom.